The van der Waals surface area contributed by atoms with Gasteiger partial charge in [0.05, 0.1) is 12.7 Å². The number of esters is 1. The fourth-order valence-electron chi connectivity index (χ4n) is 1.87. The number of carbonyl (C=O) groups is 1. The monoisotopic (exact) mass is 275 g/mol. The summed E-state index contributed by atoms with van der Waals surface area (Å²) in [6.45, 7) is 4.31. The Morgan fingerprint density at radius 1 is 1.32 bits per heavy atom. The van der Waals surface area contributed by atoms with Gasteiger partial charge < -0.3 is 10.5 Å². The molecule has 2 aromatic rings. The van der Waals surface area contributed by atoms with Crippen molar-refractivity contribution >= 4 is 22.3 Å². The van der Waals surface area contributed by atoms with Crippen LogP contribution < -0.4 is 5.73 Å². The van der Waals surface area contributed by atoms with Gasteiger partial charge in [0, 0.05) is 4.88 Å². The SMILES string of the molecule is COC(=O)c1cc(-c2cccc(C(C)C)c2)sc1N. The highest BCUT2D eigenvalue weighted by atomic mass is 32.1. The van der Waals surface area contributed by atoms with Crippen LogP contribution >= 0.6 is 11.3 Å². The van der Waals surface area contributed by atoms with Crippen molar-refractivity contribution in [2.24, 2.45) is 0 Å². The second-order valence-electron chi connectivity index (χ2n) is 4.66. The van der Waals surface area contributed by atoms with E-state index in [1.54, 1.807) is 6.07 Å². The van der Waals surface area contributed by atoms with Crippen molar-refractivity contribution in [2.45, 2.75) is 19.8 Å². The summed E-state index contributed by atoms with van der Waals surface area (Å²) in [4.78, 5) is 12.5. The Kier molecular flexibility index (Phi) is 3.90. The number of thiophene rings is 1. The summed E-state index contributed by atoms with van der Waals surface area (Å²) in [5.74, 6) is 0.0809. The van der Waals surface area contributed by atoms with E-state index >= 15 is 0 Å². The summed E-state index contributed by atoms with van der Waals surface area (Å²) in [5.41, 5.74) is 8.66. The largest absolute Gasteiger partial charge is 0.465 e. The highest BCUT2D eigenvalue weighted by Crippen LogP contribution is 2.34. The molecule has 2 rings (SSSR count). The van der Waals surface area contributed by atoms with E-state index in [1.165, 1.54) is 24.0 Å². The van der Waals surface area contributed by atoms with Gasteiger partial charge >= 0.3 is 5.97 Å². The van der Waals surface area contributed by atoms with Crippen molar-refractivity contribution < 1.29 is 9.53 Å². The van der Waals surface area contributed by atoms with Crippen molar-refractivity contribution in [3.05, 3.63) is 41.5 Å². The summed E-state index contributed by atoms with van der Waals surface area (Å²) >= 11 is 1.41. The van der Waals surface area contributed by atoms with E-state index < -0.39 is 0 Å². The minimum atomic E-state index is -0.389. The Hall–Kier alpha value is -1.81. The first-order valence-corrected chi connectivity index (χ1v) is 6.92. The van der Waals surface area contributed by atoms with Crippen LogP contribution in [-0.2, 0) is 4.74 Å². The molecular weight excluding hydrogens is 258 g/mol. The van der Waals surface area contributed by atoms with Crippen LogP contribution in [0, 0.1) is 0 Å². The fraction of sp³-hybridized carbons (Fsp3) is 0.267. The predicted molar refractivity (Wildman–Crippen MR) is 79.6 cm³/mol. The molecule has 0 aliphatic rings. The lowest BCUT2D eigenvalue weighted by Gasteiger charge is -2.06. The average Bonchev–Trinajstić information content (AvgIpc) is 2.80. The average molecular weight is 275 g/mol. The lowest BCUT2D eigenvalue weighted by Crippen LogP contribution is -2.01. The number of carbonyl (C=O) groups excluding carboxylic acids is 1. The zero-order valence-electron chi connectivity index (χ0n) is 11.3. The number of hydrogen-bond acceptors (Lipinski definition) is 4. The molecule has 0 bridgehead atoms. The molecular formula is C15H17NO2S. The van der Waals surface area contributed by atoms with E-state index in [9.17, 15) is 4.79 Å². The van der Waals surface area contributed by atoms with Gasteiger partial charge in [-0.1, -0.05) is 38.1 Å². The maximum absolute atomic E-state index is 11.6. The Morgan fingerprint density at radius 2 is 2.05 bits per heavy atom. The summed E-state index contributed by atoms with van der Waals surface area (Å²) in [6.07, 6.45) is 0. The highest BCUT2D eigenvalue weighted by Gasteiger charge is 2.15. The third-order valence-electron chi connectivity index (χ3n) is 3.00. The molecule has 0 aliphatic heterocycles. The molecule has 3 nitrogen and oxygen atoms in total. The molecule has 2 N–H and O–H groups in total. The van der Waals surface area contributed by atoms with Gasteiger partial charge in [-0.25, -0.2) is 4.79 Å². The van der Waals surface area contributed by atoms with Gasteiger partial charge in [-0.2, -0.15) is 0 Å². The van der Waals surface area contributed by atoms with E-state index in [0.717, 1.165) is 10.4 Å². The third-order valence-corrected chi connectivity index (χ3v) is 4.02. The number of methoxy groups -OCH3 is 1. The number of hydrogen-bond donors (Lipinski definition) is 1. The van der Waals surface area contributed by atoms with Crippen LogP contribution in [0.15, 0.2) is 30.3 Å². The zero-order valence-corrected chi connectivity index (χ0v) is 12.1. The first-order chi connectivity index (χ1) is 9.02. The minimum Gasteiger partial charge on any atom is -0.465 e. The van der Waals surface area contributed by atoms with E-state index in [4.69, 9.17) is 10.5 Å². The molecule has 1 heterocycles. The van der Waals surface area contributed by atoms with Crippen LogP contribution in [0.3, 0.4) is 0 Å². The highest BCUT2D eigenvalue weighted by molar-refractivity contribution is 7.19. The van der Waals surface area contributed by atoms with Gasteiger partial charge in [0.2, 0.25) is 0 Å². The van der Waals surface area contributed by atoms with Crippen molar-refractivity contribution in [3.63, 3.8) is 0 Å². The molecule has 1 aromatic carbocycles. The van der Waals surface area contributed by atoms with Gasteiger partial charge in [0.25, 0.3) is 0 Å². The zero-order chi connectivity index (χ0) is 14.0. The molecule has 0 unspecified atom stereocenters. The summed E-state index contributed by atoms with van der Waals surface area (Å²) < 4.78 is 4.72. The van der Waals surface area contributed by atoms with Gasteiger partial charge in [-0.3, -0.25) is 0 Å². The normalized spacial score (nSPS) is 10.7. The maximum atomic E-state index is 11.6. The molecule has 100 valence electrons. The second kappa shape index (κ2) is 5.45. The van der Waals surface area contributed by atoms with Crippen LogP contribution in [0.4, 0.5) is 5.00 Å². The number of anilines is 1. The van der Waals surface area contributed by atoms with Crippen molar-refractivity contribution in [2.75, 3.05) is 12.8 Å². The molecule has 1 aromatic heterocycles. The standard InChI is InChI=1S/C15H17NO2S/c1-9(2)10-5-4-6-11(7-10)13-8-12(14(16)19-13)15(17)18-3/h4-9H,16H2,1-3H3. The molecule has 0 saturated carbocycles. The smallest absolute Gasteiger partial charge is 0.340 e. The third kappa shape index (κ3) is 2.79. The Morgan fingerprint density at radius 3 is 2.68 bits per heavy atom. The van der Waals surface area contributed by atoms with E-state index in [2.05, 4.69) is 26.0 Å². The van der Waals surface area contributed by atoms with Crippen LogP contribution in [0.25, 0.3) is 10.4 Å². The topological polar surface area (TPSA) is 52.3 Å². The second-order valence-corrected chi connectivity index (χ2v) is 5.74. The molecule has 0 saturated heterocycles. The van der Waals surface area contributed by atoms with Crippen molar-refractivity contribution in [1.82, 2.24) is 0 Å². The van der Waals surface area contributed by atoms with E-state index in [0.29, 0.717) is 16.5 Å². The first kappa shape index (κ1) is 13.6. The Bertz CT molecular complexity index is 602. The summed E-state index contributed by atoms with van der Waals surface area (Å²) in [6, 6.07) is 10.1. The summed E-state index contributed by atoms with van der Waals surface area (Å²) in [5, 5.41) is 0.497. The van der Waals surface area contributed by atoms with Crippen molar-refractivity contribution in [3.8, 4) is 10.4 Å². The Labute approximate surface area is 117 Å². The van der Waals surface area contributed by atoms with E-state index in [1.807, 2.05) is 12.1 Å². The molecule has 4 heteroatoms. The molecule has 0 aliphatic carbocycles. The molecule has 0 amide bonds. The molecule has 0 atom stereocenters. The minimum absolute atomic E-state index is 0.389. The Balaban J connectivity index is 2.42. The van der Waals surface area contributed by atoms with Gasteiger partial charge in [-0.15, -0.1) is 11.3 Å². The summed E-state index contributed by atoms with van der Waals surface area (Å²) in [7, 11) is 1.36. The van der Waals surface area contributed by atoms with Crippen molar-refractivity contribution in [1.29, 1.82) is 0 Å². The van der Waals surface area contributed by atoms with Gasteiger partial charge in [-0.05, 0) is 23.1 Å². The molecule has 0 fully saturated rings. The predicted octanol–water partition coefficient (Wildman–Crippen LogP) is 3.91. The van der Waals surface area contributed by atoms with Crippen LogP contribution in [0.1, 0.15) is 35.7 Å². The van der Waals surface area contributed by atoms with Gasteiger partial charge in [0.15, 0.2) is 0 Å². The molecule has 19 heavy (non-hydrogen) atoms. The van der Waals surface area contributed by atoms with Crippen LogP contribution in [0.5, 0.6) is 0 Å². The number of ether oxygens (including phenoxy) is 1. The lowest BCUT2D eigenvalue weighted by atomic mass is 10.0. The molecule has 0 radical (unpaired) electrons. The first-order valence-electron chi connectivity index (χ1n) is 6.11. The van der Waals surface area contributed by atoms with Crippen LogP contribution in [-0.4, -0.2) is 13.1 Å². The number of benzene rings is 1. The number of nitrogen functional groups attached to an aromatic ring is 1. The van der Waals surface area contributed by atoms with E-state index in [-0.39, 0.29) is 5.97 Å². The number of rotatable bonds is 3. The van der Waals surface area contributed by atoms with Crippen LogP contribution in [0.2, 0.25) is 0 Å². The van der Waals surface area contributed by atoms with Gasteiger partial charge in [0.1, 0.15) is 5.00 Å². The fourth-order valence-corrected chi connectivity index (χ4v) is 2.78. The maximum Gasteiger partial charge on any atom is 0.340 e. The number of nitrogens with two attached hydrogens (primary N) is 1. The lowest BCUT2D eigenvalue weighted by molar-refractivity contribution is 0.0602. The quantitative estimate of drug-likeness (QED) is 0.864. The molecule has 0 spiro atoms.